The molecule has 2 rings (SSSR count). The van der Waals surface area contributed by atoms with Gasteiger partial charge in [0.2, 0.25) is 15.9 Å². The molecule has 1 amide bonds. The van der Waals surface area contributed by atoms with Crippen molar-refractivity contribution in [3.63, 3.8) is 0 Å². The molecule has 2 aromatic carbocycles. The lowest BCUT2D eigenvalue weighted by molar-refractivity contribution is -0.116. The summed E-state index contributed by atoms with van der Waals surface area (Å²) >= 11 is 6.14. The van der Waals surface area contributed by atoms with Crippen molar-refractivity contribution in [1.29, 1.82) is 0 Å². The number of nitrogens with zero attached hydrogens (tertiary/aromatic N) is 1. The average Bonchev–Trinajstić information content (AvgIpc) is 2.56. The SMILES string of the molecule is Cc1ccc(N([C@@H](C)C(=O)Nc2cccc(OC(C)C)c2)S(C)(=O)=O)cc1Cl. The number of benzene rings is 2. The van der Waals surface area contributed by atoms with Crippen molar-refractivity contribution in [3.8, 4) is 5.75 Å². The Hall–Kier alpha value is -2.25. The van der Waals surface area contributed by atoms with E-state index in [2.05, 4.69) is 5.32 Å². The van der Waals surface area contributed by atoms with Crippen LogP contribution in [0.2, 0.25) is 5.02 Å². The Balaban J connectivity index is 2.28. The maximum absolute atomic E-state index is 12.8. The molecule has 0 unspecified atom stereocenters. The van der Waals surface area contributed by atoms with Crippen LogP contribution in [0.5, 0.6) is 5.75 Å². The standard InChI is InChI=1S/C20H25ClN2O4S/c1-13(2)27-18-8-6-7-16(11-18)22-20(24)15(4)23(28(5,25)26)17-10-9-14(3)19(21)12-17/h6-13,15H,1-5H3,(H,22,24)/t15-/m0/s1. The third kappa shape index (κ3) is 5.62. The summed E-state index contributed by atoms with van der Waals surface area (Å²) in [5.41, 5.74) is 1.67. The summed E-state index contributed by atoms with van der Waals surface area (Å²) in [7, 11) is -3.72. The van der Waals surface area contributed by atoms with Crippen LogP contribution in [-0.4, -0.2) is 32.7 Å². The first kappa shape index (κ1) is 22.0. The van der Waals surface area contributed by atoms with Crippen molar-refractivity contribution in [2.24, 2.45) is 0 Å². The van der Waals surface area contributed by atoms with Gasteiger partial charge < -0.3 is 10.1 Å². The Morgan fingerprint density at radius 3 is 2.39 bits per heavy atom. The number of sulfonamides is 1. The Labute approximate surface area is 171 Å². The van der Waals surface area contributed by atoms with E-state index in [0.717, 1.165) is 16.1 Å². The van der Waals surface area contributed by atoms with E-state index in [1.54, 1.807) is 42.5 Å². The second kappa shape index (κ2) is 8.84. The molecule has 28 heavy (non-hydrogen) atoms. The van der Waals surface area contributed by atoms with E-state index in [1.807, 2.05) is 20.8 Å². The van der Waals surface area contributed by atoms with Crippen molar-refractivity contribution in [2.75, 3.05) is 15.9 Å². The van der Waals surface area contributed by atoms with E-state index in [-0.39, 0.29) is 6.10 Å². The van der Waals surface area contributed by atoms with Gasteiger partial charge in [0.25, 0.3) is 0 Å². The highest BCUT2D eigenvalue weighted by Crippen LogP contribution is 2.27. The number of carbonyl (C=O) groups is 1. The molecular weight excluding hydrogens is 400 g/mol. The first-order valence-electron chi connectivity index (χ1n) is 8.82. The van der Waals surface area contributed by atoms with Gasteiger partial charge in [0.15, 0.2) is 0 Å². The minimum Gasteiger partial charge on any atom is -0.491 e. The zero-order valence-electron chi connectivity index (χ0n) is 16.6. The van der Waals surface area contributed by atoms with Crippen molar-refractivity contribution in [2.45, 2.75) is 39.8 Å². The van der Waals surface area contributed by atoms with E-state index in [9.17, 15) is 13.2 Å². The molecule has 0 aliphatic carbocycles. The van der Waals surface area contributed by atoms with E-state index >= 15 is 0 Å². The van der Waals surface area contributed by atoms with Crippen LogP contribution in [0.4, 0.5) is 11.4 Å². The molecule has 8 heteroatoms. The Morgan fingerprint density at radius 2 is 1.82 bits per heavy atom. The summed E-state index contributed by atoms with van der Waals surface area (Å²) in [4.78, 5) is 12.8. The molecule has 0 bridgehead atoms. The number of anilines is 2. The second-order valence-electron chi connectivity index (χ2n) is 6.85. The summed E-state index contributed by atoms with van der Waals surface area (Å²) in [6.07, 6.45) is 1.05. The van der Waals surface area contributed by atoms with Crippen LogP contribution in [0.15, 0.2) is 42.5 Å². The first-order chi connectivity index (χ1) is 13.0. The van der Waals surface area contributed by atoms with Crippen LogP contribution in [0.25, 0.3) is 0 Å². The van der Waals surface area contributed by atoms with Crippen molar-refractivity contribution < 1.29 is 17.9 Å². The smallest absolute Gasteiger partial charge is 0.247 e. The fourth-order valence-corrected chi connectivity index (χ4v) is 4.04. The predicted octanol–water partition coefficient (Wildman–Crippen LogP) is 4.23. The molecule has 0 fully saturated rings. The largest absolute Gasteiger partial charge is 0.491 e. The number of rotatable bonds is 7. The highest BCUT2D eigenvalue weighted by molar-refractivity contribution is 7.92. The number of halogens is 1. The number of ether oxygens (including phenoxy) is 1. The van der Waals surface area contributed by atoms with Gasteiger partial charge in [-0.3, -0.25) is 9.10 Å². The lowest BCUT2D eigenvalue weighted by atomic mass is 10.2. The molecule has 0 saturated heterocycles. The number of carbonyl (C=O) groups excluding carboxylic acids is 1. The van der Waals surface area contributed by atoms with Crippen LogP contribution in [0.1, 0.15) is 26.3 Å². The first-order valence-corrected chi connectivity index (χ1v) is 11.0. The van der Waals surface area contributed by atoms with Gasteiger partial charge in [-0.05, 0) is 57.5 Å². The van der Waals surface area contributed by atoms with E-state index in [1.165, 1.54) is 6.92 Å². The van der Waals surface area contributed by atoms with Crippen molar-refractivity contribution >= 4 is 38.9 Å². The number of hydrogen-bond donors (Lipinski definition) is 1. The van der Waals surface area contributed by atoms with Crippen LogP contribution in [-0.2, 0) is 14.8 Å². The summed E-state index contributed by atoms with van der Waals surface area (Å²) in [6, 6.07) is 10.9. The Bertz CT molecular complexity index is 960. The summed E-state index contributed by atoms with van der Waals surface area (Å²) < 4.78 is 31.4. The van der Waals surface area contributed by atoms with Gasteiger partial charge in [0, 0.05) is 16.8 Å². The molecule has 0 heterocycles. The Morgan fingerprint density at radius 1 is 1.14 bits per heavy atom. The molecule has 152 valence electrons. The highest BCUT2D eigenvalue weighted by atomic mass is 35.5. The molecule has 2 aromatic rings. The van der Waals surface area contributed by atoms with Crippen LogP contribution in [0.3, 0.4) is 0 Å². The van der Waals surface area contributed by atoms with Gasteiger partial charge in [-0.15, -0.1) is 0 Å². The molecule has 0 saturated carbocycles. The highest BCUT2D eigenvalue weighted by Gasteiger charge is 2.29. The third-order valence-corrected chi connectivity index (χ3v) is 5.62. The molecular formula is C20H25ClN2O4S. The monoisotopic (exact) mass is 424 g/mol. The molecule has 6 nitrogen and oxygen atoms in total. The van der Waals surface area contributed by atoms with Crippen LogP contribution < -0.4 is 14.4 Å². The lowest BCUT2D eigenvalue weighted by Gasteiger charge is -2.28. The minimum absolute atomic E-state index is 0.00288. The topological polar surface area (TPSA) is 75.7 Å². The molecule has 1 N–H and O–H groups in total. The maximum atomic E-state index is 12.8. The van der Waals surface area contributed by atoms with Gasteiger partial charge in [-0.25, -0.2) is 8.42 Å². The van der Waals surface area contributed by atoms with Crippen LogP contribution >= 0.6 is 11.6 Å². The summed E-state index contributed by atoms with van der Waals surface area (Å²) in [6.45, 7) is 7.16. The average molecular weight is 425 g/mol. The molecule has 0 spiro atoms. The van der Waals surface area contributed by atoms with Gasteiger partial charge >= 0.3 is 0 Å². The second-order valence-corrected chi connectivity index (χ2v) is 9.12. The van der Waals surface area contributed by atoms with Gasteiger partial charge in [0.05, 0.1) is 18.0 Å². The zero-order chi connectivity index (χ0) is 21.1. The van der Waals surface area contributed by atoms with Crippen molar-refractivity contribution in [3.05, 3.63) is 53.1 Å². The van der Waals surface area contributed by atoms with Gasteiger partial charge in [-0.2, -0.15) is 0 Å². The molecule has 0 aromatic heterocycles. The molecule has 0 radical (unpaired) electrons. The summed E-state index contributed by atoms with van der Waals surface area (Å²) in [5, 5.41) is 3.17. The fraction of sp³-hybridized carbons (Fsp3) is 0.350. The zero-order valence-corrected chi connectivity index (χ0v) is 18.1. The van der Waals surface area contributed by atoms with Gasteiger partial charge in [-0.1, -0.05) is 23.7 Å². The predicted molar refractivity (Wildman–Crippen MR) is 114 cm³/mol. The number of nitrogens with one attached hydrogen (secondary N) is 1. The van der Waals surface area contributed by atoms with E-state index in [4.69, 9.17) is 16.3 Å². The van der Waals surface area contributed by atoms with Gasteiger partial charge in [0.1, 0.15) is 11.8 Å². The molecule has 1 atom stereocenters. The normalized spacial score (nSPS) is 12.5. The van der Waals surface area contributed by atoms with E-state index < -0.39 is 22.0 Å². The van der Waals surface area contributed by atoms with Crippen LogP contribution in [0, 0.1) is 6.92 Å². The maximum Gasteiger partial charge on any atom is 0.247 e. The Kier molecular flexibility index (Phi) is 6.96. The number of hydrogen-bond acceptors (Lipinski definition) is 4. The summed E-state index contributed by atoms with van der Waals surface area (Å²) in [5.74, 6) is 0.148. The fourth-order valence-electron chi connectivity index (χ4n) is 2.69. The quantitative estimate of drug-likeness (QED) is 0.721. The number of aryl methyl sites for hydroxylation is 1. The lowest BCUT2D eigenvalue weighted by Crippen LogP contribution is -2.45. The minimum atomic E-state index is -3.72. The third-order valence-electron chi connectivity index (χ3n) is 3.97. The van der Waals surface area contributed by atoms with Crippen molar-refractivity contribution in [1.82, 2.24) is 0 Å². The van der Waals surface area contributed by atoms with E-state index in [0.29, 0.717) is 22.1 Å². The number of amides is 1. The molecule has 0 aliphatic rings. The molecule has 0 aliphatic heterocycles.